The second-order valence-electron chi connectivity index (χ2n) is 21.5. The first-order valence-corrected chi connectivity index (χ1v) is 29.4. The van der Waals surface area contributed by atoms with E-state index in [0.29, 0.717) is 51.5 Å². The van der Waals surface area contributed by atoms with E-state index in [-0.39, 0.29) is 72.4 Å². The number of urea groups is 2. The summed E-state index contributed by atoms with van der Waals surface area (Å²) in [5.74, 6) is -4.97. The van der Waals surface area contributed by atoms with Crippen molar-refractivity contribution >= 4 is 68.8 Å². The summed E-state index contributed by atoms with van der Waals surface area (Å²) in [6, 6.07) is 33.5. The van der Waals surface area contributed by atoms with Crippen LogP contribution in [0.5, 0.6) is 0 Å². The lowest BCUT2D eigenvalue weighted by atomic mass is 9.97. The summed E-state index contributed by atoms with van der Waals surface area (Å²) in [5.41, 5.74) is 3.90. The number of halogens is 4. The summed E-state index contributed by atoms with van der Waals surface area (Å²) in [6.45, 7) is 9.69. The highest BCUT2D eigenvalue weighted by Gasteiger charge is 2.37. The second kappa shape index (κ2) is 26.1. The van der Waals surface area contributed by atoms with Crippen molar-refractivity contribution in [3.05, 3.63) is 201 Å². The number of benzene rings is 6. The number of rotatable bonds is 15. The summed E-state index contributed by atoms with van der Waals surface area (Å²) in [5, 5.41) is 13.4. The van der Waals surface area contributed by atoms with Crippen LogP contribution in [0, 0.1) is 37.1 Å². The van der Waals surface area contributed by atoms with Crippen molar-refractivity contribution in [2.45, 2.75) is 71.6 Å². The van der Waals surface area contributed by atoms with E-state index in [1.807, 2.05) is 67.6 Å². The van der Waals surface area contributed by atoms with Crippen LogP contribution in [-0.4, -0.2) is 95.2 Å². The standard InChI is InChI=1S/C35H37F2N7O4.C28H23F2N5O4S/c1-21-14-15-23(31(45)39-19-22-10-7-6-8-11-22)18-24(21)28-25-20-40-33(46)44(29-26(36)12-9-13-27(29)37)30(25)42-32(41-28)38-16-17-43(5)34(47)48-35(2,3)4;1-16-11-12-18(26(36)31-14-17-7-4-3-5-8-17)13-19(16)23-20-15-32-28(37)35(24-21(29)9-6-10-22(24)30)25(20)34-27(33-23)40(2,38)39/h6-15,18H,16-17,19-20H2,1-5H3,(H,39,45)(H,40,46)(H,38,41,42);3-13H,14-15H2,1-2H3,(H,31,36)(H,32,37). The Labute approximate surface area is 504 Å². The van der Waals surface area contributed by atoms with Gasteiger partial charge in [-0.1, -0.05) is 84.9 Å². The van der Waals surface area contributed by atoms with Gasteiger partial charge in [0.05, 0.1) is 24.5 Å². The zero-order chi connectivity index (χ0) is 63.2. The Morgan fingerprint density at radius 2 is 1.05 bits per heavy atom. The number of amides is 7. The maximum atomic E-state index is 15.1. The highest BCUT2D eigenvalue weighted by atomic mass is 32.2. The lowest BCUT2D eigenvalue weighted by molar-refractivity contribution is 0.0305. The number of fused-ring (bicyclic) bond motifs is 2. The number of likely N-dealkylation sites (N-methyl/N-ethyl adjacent to an activating group) is 1. The van der Waals surface area contributed by atoms with Crippen LogP contribution < -0.4 is 36.4 Å². The molecular formula is C63H60F4N12O8S. The summed E-state index contributed by atoms with van der Waals surface area (Å²) in [4.78, 5) is 85.3. The maximum absolute atomic E-state index is 15.1. The quantitative estimate of drug-likeness (QED) is 0.0474. The molecule has 2 aromatic heterocycles. The van der Waals surface area contributed by atoms with Gasteiger partial charge in [-0.2, -0.15) is 9.97 Å². The Kier molecular flexibility index (Phi) is 18.5. The number of hydrogen-bond acceptors (Lipinski definition) is 13. The van der Waals surface area contributed by atoms with Crippen molar-refractivity contribution in [2.24, 2.45) is 0 Å². The minimum absolute atomic E-state index is 0.0333. The van der Waals surface area contributed by atoms with E-state index < -0.39 is 73.4 Å². The van der Waals surface area contributed by atoms with Crippen LogP contribution in [0.25, 0.3) is 22.5 Å². The van der Waals surface area contributed by atoms with Gasteiger partial charge in [-0.25, -0.2) is 60.1 Å². The van der Waals surface area contributed by atoms with Gasteiger partial charge in [0, 0.05) is 72.9 Å². The summed E-state index contributed by atoms with van der Waals surface area (Å²) >= 11 is 0. The molecule has 2 aliphatic heterocycles. The van der Waals surface area contributed by atoms with Gasteiger partial charge in [-0.15, -0.1) is 0 Å². The Hall–Kier alpha value is -10.3. The van der Waals surface area contributed by atoms with Crippen molar-refractivity contribution < 1.29 is 54.7 Å². The first-order chi connectivity index (χ1) is 41.9. The molecular weight excluding hydrogens is 1160 g/mol. The van der Waals surface area contributed by atoms with Crippen LogP contribution in [0.3, 0.4) is 0 Å². The number of carbonyl (C=O) groups excluding carboxylic acids is 5. The molecule has 4 heterocycles. The van der Waals surface area contributed by atoms with Crippen LogP contribution in [0.2, 0.25) is 0 Å². The molecule has 454 valence electrons. The van der Waals surface area contributed by atoms with Crippen LogP contribution >= 0.6 is 0 Å². The van der Waals surface area contributed by atoms with Gasteiger partial charge in [-0.05, 0) is 105 Å². The topological polar surface area (TPSA) is 250 Å². The second-order valence-corrected chi connectivity index (χ2v) is 23.4. The fourth-order valence-corrected chi connectivity index (χ4v) is 9.88. The monoisotopic (exact) mass is 1220 g/mol. The normalized spacial score (nSPS) is 12.8. The SMILES string of the molecule is Cc1ccc(C(=O)NCc2ccccc2)cc1-c1nc(NCCN(C)C(=O)OC(C)(C)C)nc2c1CNC(=O)N2c1c(F)cccc1F.Cc1ccc(C(=O)NCc2ccccc2)cc1-c1nc(S(C)(=O)=O)nc2c1CNC(=O)N2c1c(F)cccc1F. The Morgan fingerprint density at radius 1 is 0.614 bits per heavy atom. The molecule has 8 aromatic rings. The number of anilines is 5. The molecule has 0 atom stereocenters. The van der Waals surface area contributed by atoms with E-state index in [1.165, 1.54) is 11.0 Å². The van der Waals surface area contributed by atoms with E-state index in [0.717, 1.165) is 58.2 Å². The molecule has 0 unspecified atom stereocenters. The van der Waals surface area contributed by atoms with Crippen LogP contribution in [0.15, 0.2) is 139 Å². The van der Waals surface area contributed by atoms with Gasteiger partial charge in [0.1, 0.15) is 40.2 Å². The molecule has 5 N–H and O–H groups in total. The largest absolute Gasteiger partial charge is 0.444 e. The van der Waals surface area contributed by atoms with Gasteiger partial charge in [0.2, 0.25) is 20.9 Å². The first kappa shape index (κ1) is 62.2. The number of aryl methyl sites for hydroxylation is 2. The Bertz CT molecular complexity index is 4100. The zero-order valence-corrected chi connectivity index (χ0v) is 49.6. The predicted molar refractivity (Wildman–Crippen MR) is 322 cm³/mol. The Morgan fingerprint density at radius 3 is 1.48 bits per heavy atom. The average Bonchev–Trinajstić information content (AvgIpc) is 0.912. The maximum Gasteiger partial charge on any atom is 0.410 e. The molecule has 0 aliphatic carbocycles. The molecule has 20 nitrogen and oxygen atoms in total. The lowest BCUT2D eigenvalue weighted by Gasteiger charge is -2.31. The van der Waals surface area contributed by atoms with Crippen molar-refractivity contribution in [3.8, 4) is 22.5 Å². The third kappa shape index (κ3) is 14.2. The third-order valence-corrected chi connectivity index (χ3v) is 14.6. The number of para-hydroxylation sites is 2. The highest BCUT2D eigenvalue weighted by molar-refractivity contribution is 7.90. The van der Waals surface area contributed by atoms with Crippen LogP contribution in [0.4, 0.5) is 60.9 Å². The number of nitrogens with zero attached hydrogens (tertiary/aromatic N) is 7. The smallest absolute Gasteiger partial charge is 0.410 e. The summed E-state index contributed by atoms with van der Waals surface area (Å²) in [6.07, 6.45) is 0.364. The fraction of sp³-hybridized carbons (Fsp3) is 0.222. The Balaban J connectivity index is 0.000000213. The van der Waals surface area contributed by atoms with E-state index in [2.05, 4.69) is 41.5 Å². The number of sulfone groups is 1. The molecule has 2 aliphatic rings. The molecule has 7 amide bonds. The van der Waals surface area contributed by atoms with Crippen LogP contribution in [-0.2, 0) is 40.8 Å². The third-order valence-electron chi connectivity index (χ3n) is 13.8. The number of carbonyl (C=O) groups is 5. The first-order valence-electron chi connectivity index (χ1n) is 27.5. The molecule has 0 radical (unpaired) electrons. The van der Waals surface area contributed by atoms with Crippen molar-refractivity contribution in [1.29, 1.82) is 0 Å². The molecule has 6 aromatic carbocycles. The highest BCUT2D eigenvalue weighted by Crippen LogP contribution is 2.41. The molecule has 0 saturated carbocycles. The van der Waals surface area contributed by atoms with E-state index >= 15 is 8.78 Å². The minimum atomic E-state index is -4.04. The number of ether oxygens (including phenoxy) is 1. The van der Waals surface area contributed by atoms with Crippen LogP contribution in [0.1, 0.15) is 74.9 Å². The fourth-order valence-electron chi connectivity index (χ4n) is 9.37. The minimum Gasteiger partial charge on any atom is -0.444 e. The average molecular weight is 1220 g/mol. The zero-order valence-electron chi connectivity index (χ0n) is 48.8. The van der Waals surface area contributed by atoms with E-state index in [1.54, 1.807) is 71.1 Å². The predicted octanol–water partition coefficient (Wildman–Crippen LogP) is 10.7. The van der Waals surface area contributed by atoms with Crippen molar-refractivity contribution in [3.63, 3.8) is 0 Å². The summed E-state index contributed by atoms with van der Waals surface area (Å²) in [7, 11) is -2.45. The van der Waals surface area contributed by atoms with E-state index in [4.69, 9.17) is 9.72 Å². The van der Waals surface area contributed by atoms with E-state index in [9.17, 15) is 41.2 Å². The van der Waals surface area contributed by atoms with Crippen molar-refractivity contribution in [1.82, 2.24) is 46.1 Å². The van der Waals surface area contributed by atoms with Gasteiger partial charge in [0.15, 0.2) is 11.6 Å². The molecule has 10 rings (SSSR count). The van der Waals surface area contributed by atoms with Gasteiger partial charge in [-0.3, -0.25) is 9.59 Å². The molecule has 0 spiro atoms. The lowest BCUT2D eigenvalue weighted by Crippen LogP contribution is -2.43. The molecule has 25 heteroatoms. The van der Waals surface area contributed by atoms with Gasteiger partial charge >= 0.3 is 18.2 Å². The summed E-state index contributed by atoms with van der Waals surface area (Å²) < 4.78 is 90.4. The number of hydrogen-bond donors (Lipinski definition) is 5. The number of nitrogens with one attached hydrogen (secondary N) is 5. The number of aromatic nitrogens is 4. The molecule has 0 bridgehead atoms. The molecule has 0 fully saturated rings. The molecule has 88 heavy (non-hydrogen) atoms. The molecule has 0 saturated heterocycles. The van der Waals surface area contributed by atoms with Gasteiger partial charge < -0.3 is 36.2 Å². The van der Waals surface area contributed by atoms with Gasteiger partial charge in [0.25, 0.3) is 11.8 Å². The van der Waals surface area contributed by atoms with Crippen molar-refractivity contribution in [2.75, 3.05) is 41.5 Å².